The lowest BCUT2D eigenvalue weighted by Gasteiger charge is -2.13. The fourth-order valence-corrected chi connectivity index (χ4v) is 3.67. The summed E-state index contributed by atoms with van der Waals surface area (Å²) in [6.07, 6.45) is 7.18. The maximum absolute atomic E-state index is 12.0. The molecule has 0 aliphatic rings. The van der Waals surface area contributed by atoms with Crippen LogP contribution in [0.3, 0.4) is 0 Å². The summed E-state index contributed by atoms with van der Waals surface area (Å²) in [6.45, 7) is 8.30. The summed E-state index contributed by atoms with van der Waals surface area (Å²) in [5, 5.41) is 3.62. The lowest BCUT2D eigenvalue weighted by atomic mass is 10.1. The molecule has 6 nitrogen and oxygen atoms in total. The van der Waals surface area contributed by atoms with Crippen molar-refractivity contribution < 1.29 is 22.7 Å². The van der Waals surface area contributed by atoms with Crippen LogP contribution in [0, 0.1) is 13.8 Å². The zero-order valence-corrected chi connectivity index (χ0v) is 17.5. The third-order valence-electron chi connectivity index (χ3n) is 3.53. The van der Waals surface area contributed by atoms with Crippen molar-refractivity contribution in [2.45, 2.75) is 27.7 Å². The molecule has 27 heavy (non-hydrogen) atoms. The average molecular weight is 396 g/mol. The Labute approximate surface area is 162 Å². The molecule has 1 aromatic carbocycles. The summed E-state index contributed by atoms with van der Waals surface area (Å²) < 4.78 is 35.3. The Morgan fingerprint density at radius 3 is 2.30 bits per heavy atom. The Morgan fingerprint density at radius 1 is 1.07 bits per heavy atom. The van der Waals surface area contributed by atoms with Crippen LogP contribution in [0.2, 0.25) is 0 Å². The van der Waals surface area contributed by atoms with Crippen molar-refractivity contribution in [3.63, 3.8) is 0 Å². The molecule has 0 bridgehead atoms. The summed E-state index contributed by atoms with van der Waals surface area (Å²) in [4.78, 5) is 4.57. The smallest absolute Gasteiger partial charge is 0.159 e. The Hall–Kier alpha value is -2.28. The maximum Gasteiger partial charge on any atom is 0.159 e. The number of sulfone groups is 1. The van der Waals surface area contributed by atoms with E-state index in [1.807, 2.05) is 45.1 Å². The number of hydrogen-bond acceptors (Lipinski definition) is 6. The second-order valence-electron chi connectivity index (χ2n) is 6.11. The highest BCUT2D eigenvalue weighted by Crippen LogP contribution is 2.28. The molecule has 7 heteroatoms. The van der Waals surface area contributed by atoms with Gasteiger partial charge in [0.25, 0.3) is 0 Å². The van der Waals surface area contributed by atoms with E-state index < -0.39 is 9.84 Å². The number of nitrogens with zero attached hydrogens (tertiary/aromatic N) is 1. The van der Waals surface area contributed by atoms with E-state index in [9.17, 15) is 8.42 Å². The summed E-state index contributed by atoms with van der Waals surface area (Å²) in [6, 6.07) is 3.86. The molecule has 0 saturated carbocycles. The van der Waals surface area contributed by atoms with Crippen molar-refractivity contribution >= 4 is 15.5 Å². The Bertz CT molecular complexity index is 772. The van der Waals surface area contributed by atoms with Gasteiger partial charge in [-0.25, -0.2) is 8.42 Å². The number of allylic oxidation sites excluding steroid dienone is 1. The summed E-state index contributed by atoms with van der Waals surface area (Å²) >= 11 is 0. The van der Waals surface area contributed by atoms with Gasteiger partial charge < -0.3 is 14.3 Å². The van der Waals surface area contributed by atoms with Crippen LogP contribution >= 0.6 is 0 Å². The largest absolute Gasteiger partial charge is 0.490 e. The lowest BCUT2D eigenvalue weighted by molar-refractivity contribution is 0.213. The van der Waals surface area contributed by atoms with Gasteiger partial charge in [0.15, 0.2) is 9.84 Å². The Morgan fingerprint density at radius 2 is 1.70 bits per heavy atom. The molecule has 0 aliphatic heterocycles. The highest BCUT2D eigenvalue weighted by Gasteiger charge is 2.11. The zero-order valence-electron chi connectivity index (χ0n) is 16.7. The summed E-state index contributed by atoms with van der Waals surface area (Å²) in [7, 11) is -1.87. The Kier molecular flexibility index (Phi) is 9.64. The first-order chi connectivity index (χ1) is 12.8. The van der Waals surface area contributed by atoms with Crippen LogP contribution in [0.25, 0.3) is 0 Å². The third-order valence-corrected chi connectivity index (χ3v) is 5.09. The predicted octanol–water partition coefficient (Wildman–Crippen LogP) is 3.63. The van der Waals surface area contributed by atoms with Crippen LogP contribution in [0.15, 0.2) is 41.6 Å². The molecular formula is C20H29NO5S. The van der Waals surface area contributed by atoms with E-state index >= 15 is 0 Å². The van der Waals surface area contributed by atoms with Crippen molar-refractivity contribution in [1.29, 1.82) is 0 Å². The molecule has 1 rings (SSSR count). The van der Waals surface area contributed by atoms with Gasteiger partial charge in [-0.3, -0.25) is 0 Å². The molecule has 150 valence electrons. The van der Waals surface area contributed by atoms with E-state index in [0.29, 0.717) is 18.9 Å². The van der Waals surface area contributed by atoms with Gasteiger partial charge in [0, 0.05) is 0 Å². The standard InChI is InChI=1S/C20H29NO5S/c1-6-7-10-25-19-13-16(2)20(17(3)14-19)26-11-8-9-12-27(22,23)15-18(4)21-24-5/h6-9,13-14H,10-12,15H2,1-5H3/b7-6+,9-8+,21-18+. The maximum atomic E-state index is 12.0. The molecule has 1 aromatic rings. The average Bonchev–Trinajstić information content (AvgIpc) is 2.56. The Balaban J connectivity index is 2.58. The van der Waals surface area contributed by atoms with Crippen LogP contribution in [-0.2, 0) is 14.7 Å². The minimum atomic E-state index is -3.26. The summed E-state index contributed by atoms with van der Waals surface area (Å²) in [5.41, 5.74) is 2.36. The van der Waals surface area contributed by atoms with Crippen LogP contribution in [0.1, 0.15) is 25.0 Å². The summed E-state index contributed by atoms with van der Waals surface area (Å²) in [5.74, 6) is 1.39. The molecule has 0 amide bonds. The van der Waals surface area contributed by atoms with E-state index in [4.69, 9.17) is 9.47 Å². The molecule has 0 N–H and O–H groups in total. The highest BCUT2D eigenvalue weighted by molar-refractivity contribution is 7.92. The van der Waals surface area contributed by atoms with Crippen molar-refractivity contribution in [1.82, 2.24) is 0 Å². The van der Waals surface area contributed by atoms with Crippen LogP contribution < -0.4 is 9.47 Å². The quantitative estimate of drug-likeness (QED) is 0.325. The van der Waals surface area contributed by atoms with Crippen LogP contribution in [0.4, 0.5) is 0 Å². The molecule has 0 heterocycles. The van der Waals surface area contributed by atoms with Gasteiger partial charge in [-0.2, -0.15) is 0 Å². The molecule has 0 saturated heterocycles. The number of hydrogen-bond donors (Lipinski definition) is 0. The molecule has 0 spiro atoms. The van der Waals surface area contributed by atoms with Crippen molar-refractivity contribution in [2.24, 2.45) is 5.16 Å². The number of benzene rings is 1. The van der Waals surface area contributed by atoms with Gasteiger partial charge in [-0.05, 0) is 51.0 Å². The van der Waals surface area contributed by atoms with Crippen molar-refractivity contribution in [3.8, 4) is 11.5 Å². The number of aryl methyl sites for hydroxylation is 2. The molecule has 0 atom stereocenters. The fourth-order valence-electron chi connectivity index (χ4n) is 2.44. The van der Waals surface area contributed by atoms with Gasteiger partial charge in [0.2, 0.25) is 0 Å². The molecule has 0 aliphatic carbocycles. The lowest BCUT2D eigenvalue weighted by Crippen LogP contribution is -2.16. The second kappa shape index (κ2) is 11.4. The van der Waals surface area contributed by atoms with Gasteiger partial charge in [0.05, 0.1) is 17.2 Å². The number of ether oxygens (including phenoxy) is 2. The normalized spacial score (nSPS) is 12.7. The van der Waals surface area contributed by atoms with E-state index in [1.54, 1.807) is 19.1 Å². The van der Waals surface area contributed by atoms with Gasteiger partial charge in [-0.15, -0.1) is 0 Å². The molecular weight excluding hydrogens is 366 g/mol. The molecule has 0 unspecified atom stereocenters. The van der Waals surface area contributed by atoms with E-state index in [2.05, 4.69) is 9.99 Å². The monoisotopic (exact) mass is 395 g/mol. The van der Waals surface area contributed by atoms with Crippen molar-refractivity contribution in [2.75, 3.05) is 31.8 Å². The third kappa shape index (κ3) is 8.77. The van der Waals surface area contributed by atoms with Gasteiger partial charge in [-0.1, -0.05) is 29.5 Å². The molecule has 0 aromatic heterocycles. The number of oxime groups is 1. The van der Waals surface area contributed by atoms with Gasteiger partial charge >= 0.3 is 0 Å². The molecule has 0 radical (unpaired) electrons. The van der Waals surface area contributed by atoms with E-state index in [-0.39, 0.29) is 11.5 Å². The fraction of sp³-hybridized carbons (Fsp3) is 0.450. The van der Waals surface area contributed by atoms with E-state index in [0.717, 1.165) is 22.6 Å². The predicted molar refractivity (Wildman–Crippen MR) is 110 cm³/mol. The van der Waals surface area contributed by atoms with E-state index in [1.165, 1.54) is 7.11 Å². The second-order valence-corrected chi connectivity index (χ2v) is 8.22. The van der Waals surface area contributed by atoms with Gasteiger partial charge in [0.1, 0.15) is 31.8 Å². The van der Waals surface area contributed by atoms with Crippen LogP contribution in [-0.4, -0.2) is 46.0 Å². The van der Waals surface area contributed by atoms with Crippen LogP contribution in [0.5, 0.6) is 11.5 Å². The first-order valence-electron chi connectivity index (χ1n) is 8.69. The minimum absolute atomic E-state index is 0.0668. The minimum Gasteiger partial charge on any atom is -0.490 e. The zero-order chi connectivity index (χ0) is 20.3. The SMILES string of the molecule is C/C=C/COc1cc(C)c(OC/C=C/CS(=O)(=O)C/C(C)=N/OC)c(C)c1. The first kappa shape index (κ1) is 22.8. The first-order valence-corrected chi connectivity index (χ1v) is 10.5. The topological polar surface area (TPSA) is 74.2 Å². The highest BCUT2D eigenvalue weighted by atomic mass is 32.2. The van der Waals surface area contributed by atoms with Crippen molar-refractivity contribution in [3.05, 3.63) is 47.6 Å². The molecule has 0 fully saturated rings. The number of rotatable bonds is 11.